The zero-order valence-corrected chi connectivity index (χ0v) is 17.2. The van der Waals surface area contributed by atoms with Gasteiger partial charge in [-0.2, -0.15) is 5.26 Å². The maximum Gasteiger partial charge on any atom is 0.137 e. The maximum absolute atomic E-state index is 11.1. The van der Waals surface area contributed by atoms with Gasteiger partial charge in [-0.3, -0.25) is 4.90 Å². The highest BCUT2D eigenvalue weighted by Crippen LogP contribution is 2.38. The van der Waals surface area contributed by atoms with E-state index in [1.54, 1.807) is 0 Å². The molecule has 3 aromatic rings. The van der Waals surface area contributed by atoms with Gasteiger partial charge in [0.1, 0.15) is 18.4 Å². The third-order valence-corrected chi connectivity index (χ3v) is 5.87. The molecule has 4 nitrogen and oxygen atoms in total. The maximum atomic E-state index is 11.1. The highest BCUT2D eigenvalue weighted by atomic mass is 16.5. The highest BCUT2D eigenvalue weighted by molar-refractivity contribution is 5.54. The second-order valence-corrected chi connectivity index (χ2v) is 7.84. The molecule has 0 bridgehead atoms. The number of hydrogen-bond acceptors (Lipinski definition) is 4. The van der Waals surface area contributed by atoms with Gasteiger partial charge in [0.15, 0.2) is 0 Å². The van der Waals surface area contributed by atoms with Crippen LogP contribution in [0.3, 0.4) is 0 Å². The third-order valence-electron chi connectivity index (χ3n) is 5.87. The molecule has 4 rings (SSSR count). The van der Waals surface area contributed by atoms with Crippen molar-refractivity contribution in [2.75, 3.05) is 7.05 Å². The summed E-state index contributed by atoms with van der Waals surface area (Å²) in [7, 11) is 2.05. The number of fused-ring (bicyclic) bond motifs is 1. The predicted molar refractivity (Wildman–Crippen MR) is 117 cm³/mol. The molecule has 2 atom stereocenters. The summed E-state index contributed by atoms with van der Waals surface area (Å²) in [6.07, 6.45) is 0.924. The number of aliphatic hydroxyl groups excluding tert-OH is 1. The molecule has 0 saturated heterocycles. The van der Waals surface area contributed by atoms with E-state index in [1.165, 1.54) is 5.56 Å². The van der Waals surface area contributed by atoms with E-state index in [0.29, 0.717) is 17.9 Å². The summed E-state index contributed by atoms with van der Waals surface area (Å²) >= 11 is 0. The van der Waals surface area contributed by atoms with Crippen molar-refractivity contribution in [1.29, 1.82) is 5.26 Å². The van der Waals surface area contributed by atoms with E-state index in [9.17, 15) is 10.4 Å². The van der Waals surface area contributed by atoms with Crippen LogP contribution in [0.2, 0.25) is 0 Å². The molecule has 1 aliphatic carbocycles. The average Bonchev–Trinajstić information content (AvgIpc) is 2.78. The van der Waals surface area contributed by atoms with Crippen molar-refractivity contribution in [2.45, 2.75) is 38.1 Å². The molecule has 0 aliphatic heterocycles. The van der Waals surface area contributed by atoms with Crippen molar-refractivity contribution in [1.82, 2.24) is 4.90 Å². The SMILES string of the molecule is CN(Cc1ccccc1)[C@H]1CCc2c(ccc(OCc3ccccc3)c2C#N)[C@H]1O. The molecule has 152 valence electrons. The number of nitrogens with zero attached hydrogens (tertiary/aromatic N) is 2. The molecule has 0 radical (unpaired) electrons. The number of ether oxygens (including phenoxy) is 1. The van der Waals surface area contributed by atoms with E-state index in [2.05, 4.69) is 30.1 Å². The fourth-order valence-corrected chi connectivity index (χ4v) is 4.27. The van der Waals surface area contributed by atoms with Gasteiger partial charge in [-0.15, -0.1) is 0 Å². The minimum atomic E-state index is -0.627. The zero-order chi connectivity index (χ0) is 20.9. The van der Waals surface area contributed by atoms with Crippen molar-refractivity contribution in [3.8, 4) is 11.8 Å². The summed E-state index contributed by atoms with van der Waals surface area (Å²) < 4.78 is 5.95. The first-order valence-corrected chi connectivity index (χ1v) is 10.3. The van der Waals surface area contributed by atoms with Crippen LogP contribution >= 0.6 is 0 Å². The Labute approximate surface area is 178 Å². The van der Waals surface area contributed by atoms with Crippen LogP contribution in [0, 0.1) is 11.3 Å². The Bertz CT molecular complexity index is 1030. The standard InChI is InChI=1S/C26H26N2O2/c1-28(17-19-8-4-2-5-9-19)24-14-12-21-22(26(24)29)13-15-25(23(21)16-27)30-18-20-10-6-3-7-11-20/h2-11,13,15,24,26,29H,12,14,17-18H2,1H3/t24-,26+/m0/s1. The number of hydrogen-bond donors (Lipinski definition) is 1. The molecule has 30 heavy (non-hydrogen) atoms. The normalized spacial score (nSPS) is 17.9. The van der Waals surface area contributed by atoms with Crippen molar-refractivity contribution < 1.29 is 9.84 Å². The van der Waals surface area contributed by atoms with E-state index < -0.39 is 6.10 Å². The summed E-state index contributed by atoms with van der Waals surface area (Å²) in [6.45, 7) is 1.20. The molecule has 1 N–H and O–H groups in total. The number of aliphatic hydroxyl groups is 1. The lowest BCUT2D eigenvalue weighted by molar-refractivity contribution is 0.0461. The monoisotopic (exact) mass is 398 g/mol. The lowest BCUT2D eigenvalue weighted by atomic mass is 9.82. The van der Waals surface area contributed by atoms with Gasteiger partial charge in [-0.05, 0) is 48.2 Å². The summed E-state index contributed by atoms with van der Waals surface area (Å²) in [6, 6.07) is 26.3. The number of nitriles is 1. The molecule has 0 unspecified atom stereocenters. The molecular formula is C26H26N2O2. The van der Waals surface area contributed by atoms with Crippen LogP contribution < -0.4 is 4.74 Å². The molecule has 0 aromatic heterocycles. The first-order chi connectivity index (χ1) is 14.7. The van der Waals surface area contributed by atoms with Gasteiger partial charge in [-0.1, -0.05) is 66.7 Å². The van der Waals surface area contributed by atoms with E-state index in [-0.39, 0.29) is 6.04 Å². The van der Waals surface area contributed by atoms with Crippen LogP contribution in [0.1, 0.15) is 40.3 Å². The molecule has 4 heteroatoms. The van der Waals surface area contributed by atoms with Crippen molar-refractivity contribution in [3.05, 3.63) is 101 Å². The van der Waals surface area contributed by atoms with Gasteiger partial charge in [0, 0.05) is 12.6 Å². The summed E-state index contributed by atoms with van der Waals surface area (Å²) in [5, 5.41) is 20.9. The molecule has 3 aromatic carbocycles. The second kappa shape index (κ2) is 9.13. The average molecular weight is 399 g/mol. The van der Waals surface area contributed by atoms with Crippen LogP contribution in [-0.4, -0.2) is 23.1 Å². The minimum Gasteiger partial charge on any atom is -0.488 e. The molecule has 0 spiro atoms. The van der Waals surface area contributed by atoms with E-state index in [1.807, 2.05) is 60.7 Å². The Morgan fingerprint density at radius 3 is 2.33 bits per heavy atom. The molecule has 0 amide bonds. The number of rotatable bonds is 6. The van der Waals surface area contributed by atoms with Crippen molar-refractivity contribution in [3.63, 3.8) is 0 Å². The highest BCUT2D eigenvalue weighted by Gasteiger charge is 2.33. The van der Waals surface area contributed by atoms with E-state index in [0.717, 1.165) is 36.1 Å². The molecule has 0 heterocycles. The first kappa shape index (κ1) is 20.2. The van der Waals surface area contributed by atoms with E-state index in [4.69, 9.17) is 4.74 Å². The van der Waals surface area contributed by atoms with E-state index >= 15 is 0 Å². The summed E-state index contributed by atoms with van der Waals surface area (Å²) in [4.78, 5) is 2.20. The third kappa shape index (κ3) is 4.23. The summed E-state index contributed by atoms with van der Waals surface area (Å²) in [5.74, 6) is 0.586. The predicted octanol–water partition coefficient (Wildman–Crippen LogP) is 4.62. The second-order valence-electron chi connectivity index (χ2n) is 7.84. The first-order valence-electron chi connectivity index (χ1n) is 10.3. The lowest BCUT2D eigenvalue weighted by Crippen LogP contribution is -2.39. The zero-order valence-electron chi connectivity index (χ0n) is 17.2. The van der Waals surface area contributed by atoms with Crippen LogP contribution in [0.5, 0.6) is 5.75 Å². The van der Waals surface area contributed by atoms with Gasteiger partial charge in [0.25, 0.3) is 0 Å². The fraction of sp³-hybridized carbons (Fsp3) is 0.269. The Morgan fingerprint density at radius 1 is 1.00 bits per heavy atom. The topological polar surface area (TPSA) is 56.5 Å². The quantitative estimate of drug-likeness (QED) is 0.658. The van der Waals surface area contributed by atoms with Crippen LogP contribution in [0.4, 0.5) is 0 Å². The minimum absolute atomic E-state index is 0.0142. The van der Waals surface area contributed by atoms with Gasteiger partial charge in [0.2, 0.25) is 0 Å². The molecule has 0 fully saturated rings. The van der Waals surface area contributed by atoms with Crippen LogP contribution in [0.25, 0.3) is 0 Å². The van der Waals surface area contributed by atoms with Crippen molar-refractivity contribution >= 4 is 0 Å². The van der Waals surface area contributed by atoms with Gasteiger partial charge < -0.3 is 9.84 Å². The van der Waals surface area contributed by atoms with Gasteiger partial charge >= 0.3 is 0 Å². The lowest BCUT2D eigenvalue weighted by Gasteiger charge is -2.37. The Hall–Kier alpha value is -3.13. The number of likely N-dealkylation sites (N-methyl/N-ethyl adjacent to an activating group) is 1. The smallest absolute Gasteiger partial charge is 0.137 e. The van der Waals surface area contributed by atoms with Gasteiger partial charge in [0.05, 0.1) is 11.7 Å². The van der Waals surface area contributed by atoms with Crippen molar-refractivity contribution in [2.24, 2.45) is 0 Å². The molecule has 0 saturated carbocycles. The Kier molecular flexibility index (Phi) is 6.13. The van der Waals surface area contributed by atoms with Crippen LogP contribution in [0.15, 0.2) is 72.8 Å². The van der Waals surface area contributed by atoms with Gasteiger partial charge in [-0.25, -0.2) is 0 Å². The molecular weight excluding hydrogens is 372 g/mol. The Morgan fingerprint density at radius 2 is 1.67 bits per heavy atom. The fourth-order valence-electron chi connectivity index (χ4n) is 4.27. The largest absolute Gasteiger partial charge is 0.488 e. The molecule has 1 aliphatic rings. The summed E-state index contributed by atoms with van der Waals surface area (Å²) in [5.41, 5.74) is 4.59. The Balaban J connectivity index is 1.52. The number of benzene rings is 3. The van der Waals surface area contributed by atoms with Crippen LogP contribution in [-0.2, 0) is 19.6 Å².